The molecule has 20 heavy (non-hydrogen) atoms. The van der Waals surface area contributed by atoms with Crippen molar-refractivity contribution in [2.75, 3.05) is 26.7 Å². The molecule has 1 N–H and O–H groups in total. The lowest BCUT2D eigenvalue weighted by Gasteiger charge is -2.21. The van der Waals surface area contributed by atoms with Crippen LogP contribution >= 0.6 is 0 Å². The summed E-state index contributed by atoms with van der Waals surface area (Å²) < 4.78 is 4.61. The molecule has 0 aromatic heterocycles. The summed E-state index contributed by atoms with van der Waals surface area (Å²) in [6, 6.07) is 9.45. The summed E-state index contributed by atoms with van der Waals surface area (Å²) in [6.45, 7) is 0.672. The zero-order valence-electron chi connectivity index (χ0n) is 11.5. The first-order valence-electron chi connectivity index (χ1n) is 6.20. The lowest BCUT2D eigenvalue weighted by molar-refractivity contribution is -0.147. The smallest absolute Gasteiger partial charge is 0.325 e. The van der Waals surface area contributed by atoms with Gasteiger partial charge in [-0.2, -0.15) is 0 Å². The Hall–Kier alpha value is -2.32. The minimum absolute atomic E-state index is 0.0814. The molecule has 0 bridgehead atoms. The van der Waals surface area contributed by atoms with Crippen LogP contribution in [0.1, 0.15) is 5.56 Å². The van der Waals surface area contributed by atoms with E-state index >= 15 is 0 Å². The molecule has 1 aromatic carbocycles. The fraction of sp³-hybridized carbons (Fsp3) is 0.333. The number of hydrogen-bond donors (Lipinski definition) is 1. The number of carbonyl (C=O) groups is 2. The number of methoxy groups -OCH3 is 1. The number of terminal acetylenes is 1. The summed E-state index contributed by atoms with van der Waals surface area (Å²) in [4.78, 5) is 24.9. The van der Waals surface area contributed by atoms with Gasteiger partial charge in [-0.3, -0.25) is 14.9 Å². The molecule has 1 aromatic rings. The van der Waals surface area contributed by atoms with Crippen LogP contribution in [0.5, 0.6) is 0 Å². The maximum atomic E-state index is 12.1. The number of benzene rings is 1. The second-order valence-corrected chi connectivity index (χ2v) is 4.12. The highest BCUT2D eigenvalue weighted by atomic mass is 16.5. The van der Waals surface area contributed by atoms with Crippen LogP contribution in [0.2, 0.25) is 0 Å². The maximum Gasteiger partial charge on any atom is 0.325 e. The van der Waals surface area contributed by atoms with Crippen molar-refractivity contribution in [2.24, 2.45) is 0 Å². The van der Waals surface area contributed by atoms with Crippen molar-refractivity contribution in [1.82, 2.24) is 10.2 Å². The van der Waals surface area contributed by atoms with Gasteiger partial charge in [-0.05, 0) is 5.56 Å². The molecule has 0 unspecified atom stereocenters. The van der Waals surface area contributed by atoms with E-state index in [1.807, 2.05) is 30.3 Å². The Morgan fingerprint density at radius 3 is 2.65 bits per heavy atom. The van der Waals surface area contributed by atoms with E-state index in [0.717, 1.165) is 5.56 Å². The number of carbonyl (C=O) groups excluding carboxylic acids is 2. The first-order valence-corrected chi connectivity index (χ1v) is 6.20. The molecule has 0 spiro atoms. The number of amides is 1. The standard InChI is InChI=1S/C15H18N2O3/c1-3-9-16-10-14(18)17(12-15(19)20-2)11-13-7-5-4-6-8-13/h1,4-8,16H,9-12H2,2H3. The molecule has 0 aliphatic heterocycles. The number of rotatable bonds is 7. The average molecular weight is 274 g/mol. The summed E-state index contributed by atoms with van der Waals surface area (Å²) in [6.07, 6.45) is 5.11. The first kappa shape index (κ1) is 15.7. The Labute approximate surface area is 118 Å². The third-order valence-electron chi connectivity index (χ3n) is 2.62. The van der Waals surface area contributed by atoms with Crippen molar-refractivity contribution in [1.29, 1.82) is 0 Å². The van der Waals surface area contributed by atoms with Crippen molar-refractivity contribution >= 4 is 11.9 Å². The van der Waals surface area contributed by atoms with E-state index in [0.29, 0.717) is 13.1 Å². The van der Waals surface area contributed by atoms with Gasteiger partial charge < -0.3 is 9.64 Å². The summed E-state index contributed by atoms with van der Waals surface area (Å²) in [7, 11) is 1.30. The molecule has 0 fully saturated rings. The van der Waals surface area contributed by atoms with Crippen LogP contribution in [-0.2, 0) is 20.9 Å². The van der Waals surface area contributed by atoms with Gasteiger partial charge in [0.15, 0.2) is 0 Å². The number of ether oxygens (including phenoxy) is 1. The fourth-order valence-electron chi connectivity index (χ4n) is 1.61. The van der Waals surface area contributed by atoms with Gasteiger partial charge in [0.2, 0.25) is 5.91 Å². The molecule has 1 amide bonds. The molecule has 106 valence electrons. The van der Waals surface area contributed by atoms with Gasteiger partial charge in [0, 0.05) is 6.54 Å². The molecule has 1 rings (SSSR count). The van der Waals surface area contributed by atoms with Crippen LogP contribution in [0, 0.1) is 12.3 Å². The first-order chi connectivity index (χ1) is 9.67. The molecule has 0 atom stereocenters. The second kappa shape index (κ2) is 8.73. The van der Waals surface area contributed by atoms with Crippen LogP contribution in [0.4, 0.5) is 0 Å². The highest BCUT2D eigenvalue weighted by Gasteiger charge is 2.17. The molecule has 0 radical (unpaired) electrons. The van der Waals surface area contributed by atoms with Gasteiger partial charge in [0.05, 0.1) is 20.2 Å². The second-order valence-electron chi connectivity index (χ2n) is 4.12. The van der Waals surface area contributed by atoms with Gasteiger partial charge in [0.1, 0.15) is 6.54 Å². The number of nitrogens with zero attached hydrogens (tertiary/aromatic N) is 1. The van der Waals surface area contributed by atoms with Crippen molar-refractivity contribution in [3.63, 3.8) is 0 Å². The van der Waals surface area contributed by atoms with E-state index in [9.17, 15) is 9.59 Å². The zero-order chi connectivity index (χ0) is 14.8. The van der Waals surface area contributed by atoms with E-state index < -0.39 is 5.97 Å². The lowest BCUT2D eigenvalue weighted by atomic mass is 10.2. The number of hydrogen-bond acceptors (Lipinski definition) is 4. The SMILES string of the molecule is C#CCNCC(=O)N(CC(=O)OC)Cc1ccccc1. The minimum atomic E-state index is -0.453. The van der Waals surface area contributed by atoms with Gasteiger partial charge in [-0.1, -0.05) is 36.3 Å². The Bertz CT molecular complexity index is 480. The highest BCUT2D eigenvalue weighted by molar-refractivity contribution is 5.83. The Balaban J connectivity index is 2.67. The van der Waals surface area contributed by atoms with E-state index in [1.54, 1.807) is 0 Å². The van der Waals surface area contributed by atoms with Crippen molar-refractivity contribution in [3.05, 3.63) is 35.9 Å². The Kier molecular flexibility index (Phi) is 6.87. The van der Waals surface area contributed by atoms with E-state index in [1.165, 1.54) is 12.0 Å². The molecule has 0 heterocycles. The predicted octanol–water partition coefficient (Wildman–Crippen LogP) is 0.411. The molecule has 0 aliphatic rings. The fourth-order valence-corrected chi connectivity index (χ4v) is 1.61. The van der Waals surface area contributed by atoms with E-state index in [-0.39, 0.29) is 19.0 Å². The molecule has 0 aliphatic carbocycles. The Morgan fingerprint density at radius 2 is 2.05 bits per heavy atom. The highest BCUT2D eigenvalue weighted by Crippen LogP contribution is 2.04. The van der Waals surface area contributed by atoms with Gasteiger partial charge >= 0.3 is 5.97 Å². The van der Waals surface area contributed by atoms with E-state index in [2.05, 4.69) is 16.0 Å². The third kappa shape index (κ3) is 5.55. The average Bonchev–Trinajstić information content (AvgIpc) is 2.47. The van der Waals surface area contributed by atoms with Crippen molar-refractivity contribution in [3.8, 4) is 12.3 Å². The normalized spacial score (nSPS) is 9.60. The molecule has 0 saturated carbocycles. The predicted molar refractivity (Wildman–Crippen MR) is 75.6 cm³/mol. The maximum absolute atomic E-state index is 12.1. The third-order valence-corrected chi connectivity index (χ3v) is 2.62. The van der Waals surface area contributed by atoms with Crippen LogP contribution in [0.15, 0.2) is 30.3 Å². The van der Waals surface area contributed by atoms with Crippen molar-refractivity contribution in [2.45, 2.75) is 6.54 Å². The largest absolute Gasteiger partial charge is 0.468 e. The van der Waals surface area contributed by atoms with Crippen LogP contribution in [-0.4, -0.2) is 43.5 Å². The monoisotopic (exact) mass is 274 g/mol. The van der Waals surface area contributed by atoms with Crippen LogP contribution in [0.25, 0.3) is 0 Å². The summed E-state index contributed by atoms with van der Waals surface area (Å²) >= 11 is 0. The summed E-state index contributed by atoms with van der Waals surface area (Å²) in [5.41, 5.74) is 0.946. The van der Waals surface area contributed by atoms with Gasteiger partial charge in [-0.25, -0.2) is 0 Å². The van der Waals surface area contributed by atoms with Crippen LogP contribution in [0.3, 0.4) is 0 Å². The topological polar surface area (TPSA) is 58.6 Å². The van der Waals surface area contributed by atoms with Crippen molar-refractivity contribution < 1.29 is 14.3 Å². The summed E-state index contributed by atoms with van der Waals surface area (Å²) in [5.74, 6) is 1.74. The van der Waals surface area contributed by atoms with Gasteiger partial charge in [-0.15, -0.1) is 6.42 Å². The molecular weight excluding hydrogens is 256 g/mol. The minimum Gasteiger partial charge on any atom is -0.468 e. The number of esters is 1. The molecule has 5 heteroatoms. The summed E-state index contributed by atoms with van der Waals surface area (Å²) in [5, 5.41) is 2.81. The Morgan fingerprint density at radius 1 is 1.35 bits per heavy atom. The molecule has 0 saturated heterocycles. The van der Waals surface area contributed by atoms with Crippen LogP contribution < -0.4 is 5.32 Å². The molecule has 5 nitrogen and oxygen atoms in total. The zero-order valence-corrected chi connectivity index (χ0v) is 11.5. The quantitative estimate of drug-likeness (QED) is 0.444. The van der Waals surface area contributed by atoms with E-state index in [4.69, 9.17) is 6.42 Å². The molecular formula is C15H18N2O3. The van der Waals surface area contributed by atoms with Gasteiger partial charge in [0.25, 0.3) is 0 Å². The lowest BCUT2D eigenvalue weighted by Crippen LogP contribution is -2.41. The number of nitrogens with one attached hydrogen (secondary N) is 1.